The van der Waals surface area contributed by atoms with Crippen LogP contribution in [0.25, 0.3) is 0 Å². The third kappa shape index (κ3) is 2.16. The predicted molar refractivity (Wildman–Crippen MR) is 65.2 cm³/mol. The predicted octanol–water partition coefficient (Wildman–Crippen LogP) is 2.07. The van der Waals surface area contributed by atoms with E-state index in [1.807, 2.05) is 0 Å². The van der Waals surface area contributed by atoms with E-state index < -0.39 is 12.1 Å². The second kappa shape index (κ2) is 4.76. The lowest BCUT2D eigenvalue weighted by molar-refractivity contribution is -0.171. The molecule has 7 heteroatoms. The smallest absolute Gasteiger partial charge is 0.267 e. The van der Waals surface area contributed by atoms with Crippen molar-refractivity contribution in [2.45, 2.75) is 13.1 Å². The summed E-state index contributed by atoms with van der Waals surface area (Å²) in [5.74, 6) is -0.878. The van der Waals surface area contributed by atoms with Gasteiger partial charge in [0.2, 0.25) is 5.91 Å². The minimum Gasteiger partial charge on any atom is -0.307 e. The Morgan fingerprint density at radius 2 is 2.11 bits per heavy atom. The quantitative estimate of drug-likeness (QED) is 0.805. The lowest BCUT2D eigenvalue weighted by Crippen LogP contribution is -2.32. The molecule has 1 atom stereocenters. The fourth-order valence-electron chi connectivity index (χ4n) is 1.87. The molecular weight excluding hydrogens is 279 g/mol. The molecule has 96 valence electrons. The zero-order chi connectivity index (χ0) is 13.4. The number of hydroxylamine groups is 2. The molecule has 0 radical (unpaired) electrons. The van der Waals surface area contributed by atoms with Gasteiger partial charge < -0.3 is 4.90 Å². The first-order valence-corrected chi connectivity index (χ1v) is 5.90. The van der Waals surface area contributed by atoms with Crippen LogP contribution in [-0.4, -0.2) is 33.5 Å². The summed E-state index contributed by atoms with van der Waals surface area (Å²) in [7, 11) is 0. The van der Waals surface area contributed by atoms with E-state index in [2.05, 4.69) is 0 Å². The summed E-state index contributed by atoms with van der Waals surface area (Å²) in [6, 6.07) is 4.65. The number of benzene rings is 1. The van der Waals surface area contributed by atoms with Gasteiger partial charge in [0, 0.05) is 22.5 Å². The monoisotopic (exact) mass is 288 g/mol. The maximum atomic E-state index is 11.5. The van der Waals surface area contributed by atoms with Crippen LogP contribution in [0.3, 0.4) is 0 Å². The number of carbonyl (C=O) groups excluding carboxylic acids is 2. The van der Waals surface area contributed by atoms with Gasteiger partial charge >= 0.3 is 0 Å². The van der Waals surface area contributed by atoms with Gasteiger partial charge in [-0.05, 0) is 12.1 Å². The van der Waals surface area contributed by atoms with Gasteiger partial charge in [0.15, 0.2) is 6.17 Å². The maximum Gasteiger partial charge on any atom is 0.267 e. The molecule has 1 aromatic rings. The molecule has 18 heavy (non-hydrogen) atoms. The first kappa shape index (κ1) is 13.1. The highest BCUT2D eigenvalue weighted by molar-refractivity contribution is 6.35. The van der Waals surface area contributed by atoms with Crippen molar-refractivity contribution in [3.8, 4) is 0 Å². The Morgan fingerprint density at radius 1 is 1.44 bits per heavy atom. The van der Waals surface area contributed by atoms with Crippen LogP contribution in [0.4, 0.5) is 0 Å². The van der Waals surface area contributed by atoms with Gasteiger partial charge in [-0.3, -0.25) is 14.8 Å². The number of nitrogens with zero attached hydrogens (tertiary/aromatic N) is 2. The van der Waals surface area contributed by atoms with Crippen molar-refractivity contribution < 1.29 is 14.8 Å². The van der Waals surface area contributed by atoms with Gasteiger partial charge in [0.1, 0.15) is 6.54 Å². The van der Waals surface area contributed by atoms with Crippen LogP contribution in [0.1, 0.15) is 18.7 Å². The lowest BCUT2D eigenvalue weighted by atomic mass is 10.1. The van der Waals surface area contributed by atoms with E-state index in [0.717, 1.165) is 0 Å². The molecule has 1 saturated heterocycles. The van der Waals surface area contributed by atoms with Gasteiger partial charge in [-0.2, -0.15) is 5.06 Å². The Hall–Kier alpha value is -1.30. The van der Waals surface area contributed by atoms with Gasteiger partial charge in [0.05, 0.1) is 0 Å². The van der Waals surface area contributed by atoms with Gasteiger partial charge in [-0.25, -0.2) is 0 Å². The first-order valence-electron chi connectivity index (χ1n) is 5.15. The van der Waals surface area contributed by atoms with Crippen molar-refractivity contribution in [1.29, 1.82) is 0 Å². The number of hydrogen-bond donors (Lipinski definition) is 1. The zero-order valence-corrected chi connectivity index (χ0v) is 10.9. The second-order valence-corrected chi connectivity index (χ2v) is 4.77. The molecule has 1 aliphatic heterocycles. The third-order valence-corrected chi connectivity index (χ3v) is 3.30. The van der Waals surface area contributed by atoms with E-state index in [1.165, 1.54) is 17.9 Å². The van der Waals surface area contributed by atoms with Crippen molar-refractivity contribution >= 4 is 35.0 Å². The summed E-state index contributed by atoms with van der Waals surface area (Å²) in [5, 5.41) is 11.0. The molecule has 0 bridgehead atoms. The number of amides is 2. The summed E-state index contributed by atoms with van der Waals surface area (Å²) in [6.07, 6.45) is -0.903. The normalized spacial score (nSPS) is 19.6. The molecule has 0 saturated carbocycles. The number of hydrogen-bond acceptors (Lipinski definition) is 3. The van der Waals surface area contributed by atoms with E-state index in [0.29, 0.717) is 15.6 Å². The maximum absolute atomic E-state index is 11.5. The molecule has 1 aliphatic rings. The average Bonchev–Trinajstić information content (AvgIpc) is 2.57. The van der Waals surface area contributed by atoms with Crippen molar-refractivity contribution in [1.82, 2.24) is 9.96 Å². The SMILES string of the molecule is CC(=O)N1CC(=O)N(O)[C@H]1c1ccc(Cl)cc1Cl. The van der Waals surface area contributed by atoms with Gasteiger partial charge in [-0.15, -0.1) is 0 Å². The third-order valence-electron chi connectivity index (χ3n) is 2.73. The topological polar surface area (TPSA) is 60.9 Å². The van der Waals surface area contributed by atoms with Crippen LogP contribution in [0.5, 0.6) is 0 Å². The molecule has 1 heterocycles. The molecule has 1 N–H and O–H groups in total. The van der Waals surface area contributed by atoms with E-state index >= 15 is 0 Å². The number of rotatable bonds is 1. The minimum absolute atomic E-state index is 0.171. The Labute approximate surface area is 113 Å². The van der Waals surface area contributed by atoms with Crippen molar-refractivity contribution in [2.24, 2.45) is 0 Å². The molecule has 0 spiro atoms. The molecule has 2 amide bonds. The summed E-state index contributed by atoms with van der Waals surface area (Å²) in [4.78, 5) is 24.2. The Kier molecular flexibility index (Phi) is 3.47. The second-order valence-electron chi connectivity index (χ2n) is 3.92. The minimum atomic E-state index is -0.903. The van der Waals surface area contributed by atoms with Gasteiger partial charge in [-0.1, -0.05) is 29.3 Å². The van der Waals surface area contributed by atoms with Crippen molar-refractivity contribution in [3.63, 3.8) is 0 Å². The molecule has 0 unspecified atom stereocenters. The standard InChI is InChI=1S/C11H10Cl2N2O3/c1-6(16)14-5-10(17)15(18)11(14)8-3-2-7(12)4-9(8)13/h2-4,11,18H,5H2,1H3/t11-/m0/s1. The fourth-order valence-corrected chi connectivity index (χ4v) is 2.37. The molecule has 1 fully saturated rings. The Balaban J connectivity index is 2.46. The molecule has 0 aromatic heterocycles. The number of halogens is 2. The lowest BCUT2D eigenvalue weighted by Gasteiger charge is -2.26. The molecule has 0 aliphatic carbocycles. The van der Waals surface area contributed by atoms with Crippen LogP contribution in [0.15, 0.2) is 18.2 Å². The highest BCUT2D eigenvalue weighted by Gasteiger charge is 2.40. The molecule has 2 rings (SSSR count). The van der Waals surface area contributed by atoms with E-state index in [9.17, 15) is 14.8 Å². The summed E-state index contributed by atoms with van der Waals surface area (Å²) in [6.45, 7) is 1.15. The highest BCUT2D eigenvalue weighted by Crippen LogP contribution is 2.34. The molecule has 5 nitrogen and oxygen atoms in total. The largest absolute Gasteiger partial charge is 0.307 e. The summed E-state index contributed by atoms with van der Waals surface area (Å²) < 4.78 is 0. The highest BCUT2D eigenvalue weighted by atomic mass is 35.5. The first-order chi connectivity index (χ1) is 8.41. The Bertz CT molecular complexity index is 521. The van der Waals surface area contributed by atoms with Gasteiger partial charge in [0.25, 0.3) is 5.91 Å². The van der Waals surface area contributed by atoms with Crippen LogP contribution >= 0.6 is 23.2 Å². The average molecular weight is 289 g/mol. The fraction of sp³-hybridized carbons (Fsp3) is 0.273. The van der Waals surface area contributed by atoms with E-state index in [4.69, 9.17) is 23.2 Å². The summed E-state index contributed by atoms with van der Waals surface area (Å²) >= 11 is 11.8. The van der Waals surface area contributed by atoms with Crippen molar-refractivity contribution in [3.05, 3.63) is 33.8 Å². The Morgan fingerprint density at radius 3 is 2.67 bits per heavy atom. The van der Waals surface area contributed by atoms with Crippen LogP contribution in [0, 0.1) is 0 Å². The number of carbonyl (C=O) groups is 2. The molecular formula is C11H10Cl2N2O3. The van der Waals surface area contributed by atoms with E-state index in [1.54, 1.807) is 12.1 Å². The van der Waals surface area contributed by atoms with Crippen molar-refractivity contribution in [2.75, 3.05) is 6.54 Å². The molecule has 1 aromatic carbocycles. The van der Waals surface area contributed by atoms with E-state index in [-0.39, 0.29) is 17.5 Å². The van der Waals surface area contributed by atoms with Crippen LogP contribution in [0.2, 0.25) is 10.0 Å². The zero-order valence-electron chi connectivity index (χ0n) is 9.43. The van der Waals surface area contributed by atoms with Crippen LogP contribution < -0.4 is 0 Å². The van der Waals surface area contributed by atoms with Crippen LogP contribution in [-0.2, 0) is 9.59 Å². The summed E-state index contributed by atoms with van der Waals surface area (Å²) in [5.41, 5.74) is 0.449.